The van der Waals surface area contributed by atoms with Gasteiger partial charge in [0.25, 0.3) is 0 Å². The predicted molar refractivity (Wildman–Crippen MR) is 56.9 cm³/mol. The Labute approximate surface area is 85.3 Å². The molecule has 0 bridgehead atoms. The molecule has 0 fully saturated rings. The highest BCUT2D eigenvalue weighted by molar-refractivity contribution is 5.16. The van der Waals surface area contributed by atoms with E-state index in [1.54, 1.807) is 6.20 Å². The largest absolute Gasteiger partial charge is 0.368 e. The number of nitrogens with two attached hydrogens (primary N) is 1. The number of aromatic nitrogens is 1. The Bertz CT molecular complexity index is 297. The van der Waals surface area contributed by atoms with E-state index < -0.39 is 0 Å². The Hall–Kier alpha value is -0.930. The second-order valence-corrected chi connectivity index (χ2v) is 4.02. The minimum Gasteiger partial charge on any atom is -0.368 e. The van der Waals surface area contributed by atoms with Crippen LogP contribution in [-0.2, 0) is 11.3 Å². The van der Waals surface area contributed by atoms with Crippen LogP contribution in [0, 0.1) is 6.92 Å². The lowest BCUT2D eigenvalue weighted by Gasteiger charge is -2.23. The van der Waals surface area contributed by atoms with E-state index in [2.05, 4.69) is 4.98 Å². The normalized spacial score (nSPS) is 11.7. The van der Waals surface area contributed by atoms with Gasteiger partial charge in [0.05, 0.1) is 17.9 Å². The highest BCUT2D eigenvalue weighted by atomic mass is 16.5. The molecule has 0 aliphatic heterocycles. The van der Waals surface area contributed by atoms with Gasteiger partial charge < -0.3 is 10.5 Å². The minimum absolute atomic E-state index is 0.274. The van der Waals surface area contributed by atoms with E-state index >= 15 is 0 Å². The molecule has 1 rings (SSSR count). The molecule has 3 heteroatoms. The summed E-state index contributed by atoms with van der Waals surface area (Å²) in [5.74, 6) is 0. The van der Waals surface area contributed by atoms with Crippen LogP contribution in [-0.4, -0.2) is 17.1 Å². The van der Waals surface area contributed by atoms with Crippen molar-refractivity contribution >= 4 is 0 Å². The molecule has 0 amide bonds. The Balaban J connectivity index is 2.58. The van der Waals surface area contributed by atoms with Crippen molar-refractivity contribution in [3.8, 4) is 0 Å². The molecule has 0 atom stereocenters. The van der Waals surface area contributed by atoms with E-state index in [4.69, 9.17) is 10.5 Å². The standard InChI is InChI=1S/C11H18N2O/c1-9-5-4-6-13-10(9)7-14-11(2,3)8-12/h4-6H,7-8,12H2,1-3H3. The molecule has 3 nitrogen and oxygen atoms in total. The molecule has 1 aromatic heterocycles. The summed E-state index contributed by atoms with van der Waals surface area (Å²) in [4.78, 5) is 4.25. The van der Waals surface area contributed by atoms with Gasteiger partial charge in [-0.25, -0.2) is 0 Å². The summed E-state index contributed by atoms with van der Waals surface area (Å²) >= 11 is 0. The molecule has 0 spiro atoms. The van der Waals surface area contributed by atoms with Gasteiger partial charge in [-0.05, 0) is 32.4 Å². The van der Waals surface area contributed by atoms with Gasteiger partial charge in [-0.1, -0.05) is 6.07 Å². The average molecular weight is 194 g/mol. The van der Waals surface area contributed by atoms with Gasteiger partial charge >= 0.3 is 0 Å². The van der Waals surface area contributed by atoms with Crippen molar-refractivity contribution in [2.24, 2.45) is 5.73 Å². The van der Waals surface area contributed by atoms with Crippen LogP contribution in [0.25, 0.3) is 0 Å². The number of aryl methyl sites for hydroxylation is 1. The van der Waals surface area contributed by atoms with Crippen LogP contribution < -0.4 is 5.73 Å². The van der Waals surface area contributed by atoms with Gasteiger partial charge in [-0.2, -0.15) is 0 Å². The van der Waals surface area contributed by atoms with Gasteiger partial charge in [-0.3, -0.25) is 4.98 Å². The Morgan fingerprint density at radius 3 is 2.79 bits per heavy atom. The molecular weight excluding hydrogens is 176 g/mol. The maximum Gasteiger partial charge on any atom is 0.0898 e. The Kier molecular flexibility index (Phi) is 3.61. The van der Waals surface area contributed by atoms with Gasteiger partial charge in [0.2, 0.25) is 0 Å². The summed E-state index contributed by atoms with van der Waals surface area (Å²) < 4.78 is 5.66. The molecule has 2 N–H and O–H groups in total. The Morgan fingerprint density at radius 2 is 2.21 bits per heavy atom. The zero-order valence-electron chi connectivity index (χ0n) is 9.08. The minimum atomic E-state index is -0.274. The van der Waals surface area contributed by atoms with Crippen molar-refractivity contribution in [1.29, 1.82) is 0 Å². The molecule has 0 saturated heterocycles. The second-order valence-electron chi connectivity index (χ2n) is 4.02. The molecule has 0 aromatic carbocycles. The average Bonchev–Trinajstić information content (AvgIpc) is 2.17. The van der Waals surface area contributed by atoms with Crippen LogP contribution in [0.2, 0.25) is 0 Å². The maximum absolute atomic E-state index is 5.66. The number of hydrogen-bond acceptors (Lipinski definition) is 3. The fourth-order valence-electron chi connectivity index (χ4n) is 0.992. The number of rotatable bonds is 4. The molecule has 78 valence electrons. The van der Waals surface area contributed by atoms with Gasteiger partial charge in [0.1, 0.15) is 0 Å². The van der Waals surface area contributed by atoms with E-state index in [-0.39, 0.29) is 5.60 Å². The molecule has 0 unspecified atom stereocenters. The number of ether oxygens (including phenoxy) is 1. The lowest BCUT2D eigenvalue weighted by atomic mass is 10.1. The molecular formula is C11H18N2O. The van der Waals surface area contributed by atoms with Gasteiger partial charge in [-0.15, -0.1) is 0 Å². The molecule has 0 aliphatic rings. The summed E-state index contributed by atoms with van der Waals surface area (Å²) in [5.41, 5.74) is 7.42. The summed E-state index contributed by atoms with van der Waals surface area (Å²) in [5, 5.41) is 0. The first-order valence-corrected chi connectivity index (χ1v) is 4.80. The van der Waals surface area contributed by atoms with Crippen LogP contribution >= 0.6 is 0 Å². The molecule has 1 aromatic rings. The van der Waals surface area contributed by atoms with Crippen LogP contribution in [0.15, 0.2) is 18.3 Å². The number of nitrogens with zero attached hydrogens (tertiary/aromatic N) is 1. The Morgan fingerprint density at radius 1 is 1.50 bits per heavy atom. The monoisotopic (exact) mass is 194 g/mol. The highest BCUT2D eigenvalue weighted by Crippen LogP contribution is 2.12. The first kappa shape index (κ1) is 11.1. The van der Waals surface area contributed by atoms with Crippen molar-refractivity contribution < 1.29 is 4.74 Å². The predicted octanol–water partition coefficient (Wildman–Crippen LogP) is 1.64. The van der Waals surface area contributed by atoms with E-state index in [1.807, 2.05) is 32.9 Å². The highest BCUT2D eigenvalue weighted by Gasteiger charge is 2.16. The fourth-order valence-corrected chi connectivity index (χ4v) is 0.992. The topological polar surface area (TPSA) is 48.1 Å². The zero-order chi connectivity index (χ0) is 10.6. The van der Waals surface area contributed by atoms with Crippen LogP contribution in [0.5, 0.6) is 0 Å². The van der Waals surface area contributed by atoms with Crippen molar-refractivity contribution in [2.75, 3.05) is 6.54 Å². The SMILES string of the molecule is Cc1cccnc1COC(C)(C)CN. The van der Waals surface area contributed by atoms with Gasteiger partial charge in [0.15, 0.2) is 0 Å². The summed E-state index contributed by atoms with van der Waals surface area (Å²) in [7, 11) is 0. The van der Waals surface area contributed by atoms with E-state index in [1.165, 1.54) is 0 Å². The zero-order valence-corrected chi connectivity index (χ0v) is 9.08. The third kappa shape index (κ3) is 3.09. The molecule has 0 saturated carbocycles. The number of hydrogen-bond donors (Lipinski definition) is 1. The molecule has 0 radical (unpaired) electrons. The van der Waals surface area contributed by atoms with Crippen molar-refractivity contribution in [2.45, 2.75) is 33.0 Å². The lowest BCUT2D eigenvalue weighted by Crippen LogP contribution is -2.33. The summed E-state index contributed by atoms with van der Waals surface area (Å²) in [6.45, 7) is 7.02. The van der Waals surface area contributed by atoms with Crippen LogP contribution in [0.1, 0.15) is 25.1 Å². The molecule has 14 heavy (non-hydrogen) atoms. The van der Waals surface area contributed by atoms with Crippen molar-refractivity contribution in [1.82, 2.24) is 4.98 Å². The quantitative estimate of drug-likeness (QED) is 0.792. The van der Waals surface area contributed by atoms with Crippen molar-refractivity contribution in [3.05, 3.63) is 29.6 Å². The van der Waals surface area contributed by atoms with Crippen molar-refractivity contribution in [3.63, 3.8) is 0 Å². The van der Waals surface area contributed by atoms with E-state index in [0.29, 0.717) is 13.2 Å². The van der Waals surface area contributed by atoms with E-state index in [9.17, 15) is 0 Å². The maximum atomic E-state index is 5.66. The second kappa shape index (κ2) is 4.53. The summed E-state index contributed by atoms with van der Waals surface area (Å²) in [6, 6.07) is 3.95. The summed E-state index contributed by atoms with van der Waals surface area (Å²) in [6.07, 6.45) is 1.78. The van der Waals surface area contributed by atoms with Gasteiger partial charge in [0, 0.05) is 12.7 Å². The third-order valence-corrected chi connectivity index (χ3v) is 2.21. The first-order valence-electron chi connectivity index (χ1n) is 4.80. The third-order valence-electron chi connectivity index (χ3n) is 2.21. The molecule has 0 aliphatic carbocycles. The fraction of sp³-hybridized carbons (Fsp3) is 0.545. The first-order chi connectivity index (χ1) is 6.55. The van der Waals surface area contributed by atoms with Crippen LogP contribution in [0.4, 0.5) is 0 Å². The van der Waals surface area contributed by atoms with Crippen LogP contribution in [0.3, 0.4) is 0 Å². The van der Waals surface area contributed by atoms with E-state index in [0.717, 1.165) is 11.3 Å². The molecule has 1 heterocycles. The smallest absolute Gasteiger partial charge is 0.0898 e. The number of pyridine rings is 1. The lowest BCUT2D eigenvalue weighted by molar-refractivity contribution is -0.0238.